The summed E-state index contributed by atoms with van der Waals surface area (Å²) in [7, 11) is 0. The summed E-state index contributed by atoms with van der Waals surface area (Å²) in [4.78, 5) is 0. The van der Waals surface area contributed by atoms with E-state index in [4.69, 9.17) is 0 Å². The fourth-order valence-electron chi connectivity index (χ4n) is 11.0. The van der Waals surface area contributed by atoms with Crippen molar-refractivity contribution in [2.75, 3.05) is 0 Å². The van der Waals surface area contributed by atoms with Crippen molar-refractivity contribution in [2.45, 2.75) is 0 Å². The van der Waals surface area contributed by atoms with Gasteiger partial charge in [-0.3, -0.25) is 0 Å². The number of hydrogen-bond acceptors (Lipinski definition) is 0. The minimum atomic E-state index is 1.12. The predicted octanol–water partition coefficient (Wildman–Crippen LogP) is 16.0. The average Bonchev–Trinajstić information content (AvgIpc) is 3.99. The van der Waals surface area contributed by atoms with E-state index in [9.17, 15) is 0 Å². The van der Waals surface area contributed by atoms with E-state index in [2.05, 4.69) is 238 Å². The quantitative estimate of drug-likeness (QED) is 0.169. The zero-order valence-electron chi connectivity index (χ0n) is 34.2. The van der Waals surface area contributed by atoms with Gasteiger partial charge in [-0.1, -0.05) is 164 Å². The molecule has 0 unspecified atom stereocenters. The highest BCUT2D eigenvalue weighted by Gasteiger charge is 2.28. The first-order chi connectivity index (χ1) is 31.3. The lowest BCUT2D eigenvalue weighted by Gasteiger charge is -2.27. The molecule has 14 rings (SSSR count). The van der Waals surface area contributed by atoms with Crippen molar-refractivity contribution in [1.29, 1.82) is 0 Å². The zero-order valence-corrected chi connectivity index (χ0v) is 34.2. The Bertz CT molecular complexity index is 3930. The van der Waals surface area contributed by atoms with Gasteiger partial charge in [0.05, 0.1) is 38.8 Å². The van der Waals surface area contributed by atoms with E-state index in [-0.39, 0.29) is 0 Å². The van der Waals surface area contributed by atoms with Gasteiger partial charge >= 0.3 is 0 Å². The number of fused-ring (bicyclic) bond motifs is 17. The molecular weight excluding hydrogens is 763 g/mol. The molecule has 1 aliphatic carbocycles. The fraction of sp³-hybridized carbons (Fsp3) is 0. The monoisotopic (exact) mass is 799 g/mol. The minimum absolute atomic E-state index is 1.12. The molecule has 63 heavy (non-hydrogen) atoms. The molecule has 3 nitrogen and oxygen atoms in total. The summed E-state index contributed by atoms with van der Waals surface area (Å²) in [6.45, 7) is 0. The van der Waals surface area contributed by atoms with E-state index in [1.54, 1.807) is 0 Å². The lowest BCUT2D eigenvalue weighted by Crippen LogP contribution is -2.06. The van der Waals surface area contributed by atoms with Gasteiger partial charge in [-0.25, -0.2) is 0 Å². The van der Waals surface area contributed by atoms with Gasteiger partial charge < -0.3 is 13.7 Å². The largest absolute Gasteiger partial charge is 0.309 e. The van der Waals surface area contributed by atoms with Crippen molar-refractivity contribution < 1.29 is 0 Å². The normalized spacial score (nSPS) is 12.1. The van der Waals surface area contributed by atoms with Crippen LogP contribution in [0.25, 0.3) is 127 Å². The average molecular weight is 800 g/mol. The van der Waals surface area contributed by atoms with Gasteiger partial charge in [0, 0.05) is 49.3 Å². The third-order valence-electron chi connectivity index (χ3n) is 13.6. The Balaban J connectivity index is 1.15. The zero-order chi connectivity index (χ0) is 41.2. The number of nitrogens with zero attached hydrogens (tertiary/aromatic N) is 3. The second-order valence-corrected chi connectivity index (χ2v) is 16.8. The molecule has 0 N–H and O–H groups in total. The molecule has 1 aliphatic rings. The Morgan fingerprint density at radius 3 is 1.02 bits per heavy atom. The SMILES string of the molecule is c1ccc2c(c1)-c1ccccc1-c1cc(-n3c4ccccc4c4ccccc43)cc(-n3c4ccccc4c4cc(-n5c6ccccc6c6ccccc65)ccc43)c1-c1ccccc1-2. The first-order valence-electron chi connectivity index (χ1n) is 21.8. The highest BCUT2D eigenvalue weighted by atomic mass is 15.0. The van der Waals surface area contributed by atoms with Crippen molar-refractivity contribution in [1.82, 2.24) is 13.7 Å². The van der Waals surface area contributed by atoms with E-state index in [1.165, 1.54) is 104 Å². The molecule has 0 spiro atoms. The summed E-state index contributed by atoms with van der Waals surface area (Å²) in [5, 5.41) is 7.45. The second kappa shape index (κ2) is 13.1. The maximum atomic E-state index is 2.55. The van der Waals surface area contributed by atoms with Crippen LogP contribution in [0.1, 0.15) is 0 Å². The Morgan fingerprint density at radius 1 is 0.206 bits per heavy atom. The fourth-order valence-corrected chi connectivity index (χ4v) is 11.0. The number of hydrogen-bond donors (Lipinski definition) is 0. The third kappa shape index (κ3) is 4.79. The van der Waals surface area contributed by atoms with Crippen molar-refractivity contribution in [3.8, 4) is 61.6 Å². The van der Waals surface area contributed by atoms with Crippen molar-refractivity contribution in [3.63, 3.8) is 0 Å². The summed E-state index contributed by atoms with van der Waals surface area (Å²) in [5.41, 5.74) is 20.3. The standard InChI is InChI=1S/C60H37N3/c1-2-18-41-40(17-1)42-19-3-4-21-44(42)52-36-39(62-55-30-14-9-24-47(55)48-25-10-15-31-56(48)62)37-59(60(52)50-27-6-5-20-43(41)50)63-57-32-16-11-26-49(57)51-35-38(33-34-58(51)63)61-53-28-12-7-22-45(53)46-23-8-13-29-54(46)61/h1-37H. The van der Waals surface area contributed by atoms with Crippen LogP contribution in [-0.2, 0) is 0 Å². The Labute approximate surface area is 363 Å². The van der Waals surface area contributed by atoms with Gasteiger partial charge in [0.2, 0.25) is 0 Å². The van der Waals surface area contributed by atoms with Crippen LogP contribution in [0.2, 0.25) is 0 Å². The van der Waals surface area contributed by atoms with Crippen LogP contribution in [0.15, 0.2) is 224 Å². The topological polar surface area (TPSA) is 14.8 Å². The lowest BCUT2D eigenvalue weighted by atomic mass is 9.80. The molecule has 3 aromatic heterocycles. The Morgan fingerprint density at radius 2 is 0.540 bits per heavy atom. The smallest absolute Gasteiger partial charge is 0.0567 e. The summed E-state index contributed by atoms with van der Waals surface area (Å²) in [5.74, 6) is 0. The molecule has 0 fully saturated rings. The molecule has 10 aromatic carbocycles. The highest BCUT2D eigenvalue weighted by Crippen LogP contribution is 2.52. The van der Waals surface area contributed by atoms with Gasteiger partial charge in [-0.05, 0) is 99.6 Å². The van der Waals surface area contributed by atoms with Gasteiger partial charge in [0.15, 0.2) is 0 Å². The minimum Gasteiger partial charge on any atom is -0.309 e. The number of aromatic nitrogens is 3. The summed E-state index contributed by atoms with van der Waals surface area (Å²) in [6.07, 6.45) is 0. The lowest BCUT2D eigenvalue weighted by molar-refractivity contribution is 1.13. The number of rotatable bonds is 3. The van der Waals surface area contributed by atoms with Crippen LogP contribution in [0.3, 0.4) is 0 Å². The molecule has 0 amide bonds. The van der Waals surface area contributed by atoms with Crippen LogP contribution >= 0.6 is 0 Å². The highest BCUT2D eigenvalue weighted by molar-refractivity contribution is 6.15. The summed E-state index contributed by atoms with van der Waals surface area (Å²) in [6, 6.07) is 83.1. The maximum Gasteiger partial charge on any atom is 0.0567 e. The van der Waals surface area contributed by atoms with Crippen molar-refractivity contribution in [3.05, 3.63) is 224 Å². The molecule has 0 atom stereocenters. The molecule has 0 saturated heterocycles. The molecule has 0 radical (unpaired) electrons. The van der Waals surface area contributed by atoms with Crippen LogP contribution in [-0.4, -0.2) is 13.7 Å². The van der Waals surface area contributed by atoms with E-state index in [0.29, 0.717) is 0 Å². The van der Waals surface area contributed by atoms with E-state index in [1.807, 2.05) is 0 Å². The summed E-state index contributed by atoms with van der Waals surface area (Å²) >= 11 is 0. The molecule has 13 aromatic rings. The van der Waals surface area contributed by atoms with Gasteiger partial charge in [-0.2, -0.15) is 0 Å². The predicted molar refractivity (Wildman–Crippen MR) is 265 cm³/mol. The first kappa shape index (κ1) is 34.3. The number of benzene rings is 10. The molecule has 0 bridgehead atoms. The van der Waals surface area contributed by atoms with Gasteiger partial charge in [-0.15, -0.1) is 0 Å². The van der Waals surface area contributed by atoms with Crippen LogP contribution in [0.4, 0.5) is 0 Å². The van der Waals surface area contributed by atoms with Crippen LogP contribution < -0.4 is 0 Å². The molecule has 3 heteroatoms. The maximum absolute atomic E-state index is 2.55. The van der Waals surface area contributed by atoms with Crippen LogP contribution in [0, 0.1) is 0 Å². The van der Waals surface area contributed by atoms with Crippen molar-refractivity contribution >= 4 is 65.4 Å². The first-order valence-corrected chi connectivity index (χ1v) is 21.8. The third-order valence-corrected chi connectivity index (χ3v) is 13.6. The molecule has 0 aliphatic heterocycles. The van der Waals surface area contributed by atoms with E-state index < -0.39 is 0 Å². The Kier molecular flexibility index (Phi) is 7.11. The molecular formula is C60H37N3. The van der Waals surface area contributed by atoms with E-state index in [0.717, 1.165) is 22.6 Å². The van der Waals surface area contributed by atoms with Gasteiger partial charge in [0.25, 0.3) is 0 Å². The summed E-state index contributed by atoms with van der Waals surface area (Å²) < 4.78 is 7.45. The second-order valence-electron chi connectivity index (χ2n) is 16.8. The molecule has 0 saturated carbocycles. The Hall–Kier alpha value is -8.40. The molecule has 3 heterocycles. The van der Waals surface area contributed by atoms with Crippen LogP contribution in [0.5, 0.6) is 0 Å². The van der Waals surface area contributed by atoms with E-state index >= 15 is 0 Å². The number of para-hydroxylation sites is 5. The molecule has 292 valence electrons. The van der Waals surface area contributed by atoms with Crippen molar-refractivity contribution in [2.24, 2.45) is 0 Å². The van der Waals surface area contributed by atoms with Gasteiger partial charge in [0.1, 0.15) is 0 Å².